The molecule has 0 bridgehead atoms. The van der Waals surface area contributed by atoms with Gasteiger partial charge in [0.05, 0.1) is 12.5 Å². The fourth-order valence-electron chi connectivity index (χ4n) is 1.49. The summed E-state index contributed by atoms with van der Waals surface area (Å²) in [5, 5.41) is 8.92. The summed E-state index contributed by atoms with van der Waals surface area (Å²) in [6.07, 6.45) is -0.276. The lowest BCUT2D eigenvalue weighted by Crippen LogP contribution is -2.26. The second kappa shape index (κ2) is 4.88. The third-order valence-corrected chi connectivity index (χ3v) is 2.61. The van der Waals surface area contributed by atoms with Gasteiger partial charge in [-0.05, 0) is 31.9 Å². The maximum Gasteiger partial charge on any atom is 0.309 e. The molecule has 0 atom stereocenters. The number of benzene rings is 1. The zero-order valence-corrected chi connectivity index (χ0v) is 10.2. The average Bonchev–Trinajstić information content (AvgIpc) is 2.26. The summed E-state index contributed by atoms with van der Waals surface area (Å²) in [7, 11) is 1.01. The second-order valence-electron chi connectivity index (χ2n) is 4.54. The van der Waals surface area contributed by atoms with E-state index in [2.05, 4.69) is 4.74 Å². The summed E-state index contributed by atoms with van der Waals surface area (Å²) in [5.41, 5.74) is -1.53. The van der Waals surface area contributed by atoms with Crippen LogP contribution in [0.3, 0.4) is 0 Å². The summed E-state index contributed by atoms with van der Waals surface area (Å²) in [4.78, 5) is 10.9. The Hall–Kier alpha value is -1.72. The molecule has 0 aliphatic heterocycles. The van der Waals surface area contributed by atoms with E-state index >= 15 is 0 Å². The van der Waals surface area contributed by atoms with Gasteiger partial charge in [-0.25, -0.2) is 8.78 Å². The van der Waals surface area contributed by atoms with E-state index in [1.807, 2.05) is 0 Å². The Bertz CT molecular complexity index is 484. The normalized spacial score (nSPS) is 11.4. The number of methoxy groups -OCH3 is 1. The van der Waals surface area contributed by atoms with Crippen LogP contribution in [-0.4, -0.2) is 18.2 Å². The molecule has 0 saturated heterocycles. The van der Waals surface area contributed by atoms with Gasteiger partial charge < -0.3 is 9.84 Å². The highest BCUT2D eigenvalue weighted by Gasteiger charge is 2.30. The molecule has 1 rings (SSSR count). The smallest absolute Gasteiger partial charge is 0.309 e. The lowest BCUT2D eigenvalue weighted by Gasteiger charge is -2.20. The van der Waals surface area contributed by atoms with Gasteiger partial charge in [0, 0.05) is 0 Å². The fraction of sp³-hybridized carbons (Fsp3) is 0.417. The van der Waals surface area contributed by atoms with Gasteiger partial charge in [0.2, 0.25) is 5.82 Å². The van der Waals surface area contributed by atoms with Crippen molar-refractivity contribution in [2.75, 3.05) is 7.11 Å². The molecule has 18 heavy (non-hydrogen) atoms. The number of aliphatic carboxylic acids is 1. The van der Waals surface area contributed by atoms with Gasteiger partial charge in [0.25, 0.3) is 0 Å². The highest BCUT2D eigenvalue weighted by atomic mass is 19.2. The molecule has 0 aromatic heterocycles. The number of hydrogen-bond donors (Lipinski definition) is 1. The Labute approximate surface area is 102 Å². The summed E-state index contributed by atoms with van der Waals surface area (Å²) in [6, 6.07) is 0.651. The number of hydrogen-bond acceptors (Lipinski definition) is 2. The van der Waals surface area contributed by atoms with Crippen LogP contribution in [0.25, 0.3) is 0 Å². The van der Waals surface area contributed by atoms with Crippen LogP contribution in [-0.2, 0) is 11.2 Å². The van der Waals surface area contributed by atoms with Crippen molar-refractivity contribution in [2.24, 2.45) is 5.41 Å². The number of carbonyl (C=O) groups is 1. The Morgan fingerprint density at radius 2 is 1.89 bits per heavy atom. The fourth-order valence-corrected chi connectivity index (χ4v) is 1.49. The molecule has 3 nitrogen and oxygen atoms in total. The zero-order chi connectivity index (χ0) is 14.1. The van der Waals surface area contributed by atoms with Crippen LogP contribution >= 0.6 is 0 Å². The lowest BCUT2D eigenvalue weighted by atomic mass is 9.85. The van der Waals surface area contributed by atoms with Crippen LogP contribution < -0.4 is 4.74 Å². The highest BCUT2D eigenvalue weighted by Crippen LogP contribution is 2.31. The molecule has 1 aromatic rings. The van der Waals surface area contributed by atoms with Gasteiger partial charge in [-0.1, -0.05) is 0 Å². The molecule has 0 unspecified atom stereocenters. The Balaban J connectivity index is 3.27. The van der Waals surface area contributed by atoms with Crippen molar-refractivity contribution in [3.63, 3.8) is 0 Å². The van der Waals surface area contributed by atoms with Crippen molar-refractivity contribution < 1.29 is 27.8 Å². The minimum absolute atomic E-state index is 0.238. The number of rotatable bonds is 4. The molecule has 0 aliphatic rings. The first kappa shape index (κ1) is 14.3. The maximum atomic E-state index is 13.8. The molecule has 0 fully saturated rings. The van der Waals surface area contributed by atoms with E-state index in [0.29, 0.717) is 6.07 Å². The first-order valence-electron chi connectivity index (χ1n) is 5.14. The van der Waals surface area contributed by atoms with Gasteiger partial charge >= 0.3 is 5.97 Å². The van der Waals surface area contributed by atoms with Crippen LogP contribution in [0, 0.1) is 22.9 Å². The standard InChI is InChI=1S/C12H13F3O3/c1-12(2,11(16)17)5-6-4-7(13)9(15)10(18-3)8(6)14/h4H,5H2,1-3H3,(H,16,17). The molecular formula is C12H13F3O3. The first-order chi connectivity index (χ1) is 8.20. The van der Waals surface area contributed by atoms with Crippen molar-refractivity contribution in [3.05, 3.63) is 29.1 Å². The maximum absolute atomic E-state index is 13.8. The van der Waals surface area contributed by atoms with E-state index in [-0.39, 0.29) is 12.0 Å². The molecule has 1 N–H and O–H groups in total. The number of ether oxygens (including phenoxy) is 1. The molecule has 100 valence electrons. The number of carboxylic acid groups (broad SMARTS) is 1. The molecule has 6 heteroatoms. The Morgan fingerprint density at radius 1 is 1.33 bits per heavy atom. The molecule has 0 aliphatic carbocycles. The Morgan fingerprint density at radius 3 is 2.33 bits per heavy atom. The van der Waals surface area contributed by atoms with E-state index in [0.717, 1.165) is 7.11 Å². The third-order valence-electron chi connectivity index (χ3n) is 2.61. The SMILES string of the molecule is COc1c(F)c(F)cc(CC(C)(C)C(=O)O)c1F. The highest BCUT2D eigenvalue weighted by molar-refractivity contribution is 5.74. The van der Waals surface area contributed by atoms with Crippen molar-refractivity contribution in [1.82, 2.24) is 0 Å². The van der Waals surface area contributed by atoms with Crippen molar-refractivity contribution in [1.29, 1.82) is 0 Å². The van der Waals surface area contributed by atoms with Crippen LogP contribution in [0.15, 0.2) is 6.07 Å². The minimum Gasteiger partial charge on any atom is -0.491 e. The molecule has 0 heterocycles. The number of carboxylic acids is 1. The Kier molecular flexibility index (Phi) is 3.88. The van der Waals surface area contributed by atoms with Gasteiger partial charge in [-0.2, -0.15) is 4.39 Å². The quantitative estimate of drug-likeness (QED) is 0.849. The van der Waals surface area contributed by atoms with Crippen molar-refractivity contribution in [2.45, 2.75) is 20.3 Å². The van der Waals surface area contributed by atoms with Gasteiger partial charge in [0.1, 0.15) is 0 Å². The van der Waals surface area contributed by atoms with E-state index in [4.69, 9.17) is 5.11 Å². The molecule has 0 radical (unpaired) electrons. The van der Waals surface area contributed by atoms with Gasteiger partial charge in [-0.15, -0.1) is 0 Å². The van der Waals surface area contributed by atoms with Crippen molar-refractivity contribution >= 4 is 5.97 Å². The molecule has 0 saturated carbocycles. The monoisotopic (exact) mass is 262 g/mol. The van der Waals surface area contributed by atoms with Gasteiger partial charge in [0.15, 0.2) is 17.4 Å². The summed E-state index contributed by atoms with van der Waals surface area (Å²) in [5.74, 6) is -5.78. The molecule has 1 aromatic carbocycles. The summed E-state index contributed by atoms with van der Waals surface area (Å²) >= 11 is 0. The molecule has 0 amide bonds. The largest absolute Gasteiger partial charge is 0.491 e. The second-order valence-corrected chi connectivity index (χ2v) is 4.54. The number of halogens is 3. The van der Waals surface area contributed by atoms with Crippen LogP contribution in [0.5, 0.6) is 5.75 Å². The first-order valence-corrected chi connectivity index (χ1v) is 5.14. The topological polar surface area (TPSA) is 46.5 Å². The van der Waals surface area contributed by atoms with E-state index in [1.165, 1.54) is 13.8 Å². The van der Waals surface area contributed by atoms with Crippen LogP contribution in [0.1, 0.15) is 19.4 Å². The zero-order valence-electron chi connectivity index (χ0n) is 10.2. The minimum atomic E-state index is -1.42. The summed E-state index contributed by atoms with van der Waals surface area (Å²) < 4.78 is 44.6. The third kappa shape index (κ3) is 2.57. The van der Waals surface area contributed by atoms with Gasteiger partial charge in [-0.3, -0.25) is 4.79 Å². The average molecular weight is 262 g/mol. The van der Waals surface area contributed by atoms with Crippen LogP contribution in [0.2, 0.25) is 0 Å². The lowest BCUT2D eigenvalue weighted by molar-refractivity contribution is -0.146. The van der Waals surface area contributed by atoms with E-state index in [9.17, 15) is 18.0 Å². The summed E-state index contributed by atoms with van der Waals surface area (Å²) in [6.45, 7) is 2.73. The molecular weight excluding hydrogens is 249 g/mol. The van der Waals surface area contributed by atoms with Crippen molar-refractivity contribution in [3.8, 4) is 5.75 Å². The van der Waals surface area contributed by atoms with E-state index in [1.54, 1.807) is 0 Å². The predicted molar refractivity (Wildman–Crippen MR) is 58.0 cm³/mol. The predicted octanol–water partition coefficient (Wildman–Crippen LogP) is 2.77. The molecule has 0 spiro atoms. The van der Waals surface area contributed by atoms with Crippen LogP contribution in [0.4, 0.5) is 13.2 Å². The van der Waals surface area contributed by atoms with E-state index < -0.39 is 34.6 Å².